The quantitative estimate of drug-likeness (QED) is 0.873. The second-order valence-corrected chi connectivity index (χ2v) is 4.49. The topological polar surface area (TPSA) is 62.3 Å². The molecule has 0 radical (unpaired) electrons. The molecule has 96 valence electrons. The normalized spacial score (nSPS) is 10.8. The van der Waals surface area contributed by atoms with Gasteiger partial charge in [0.2, 0.25) is 0 Å². The zero-order chi connectivity index (χ0) is 13.3. The first-order valence-electron chi connectivity index (χ1n) is 5.90. The van der Waals surface area contributed by atoms with Crippen molar-refractivity contribution in [2.45, 2.75) is 26.7 Å². The minimum Gasteiger partial charge on any atom is -0.497 e. The Kier molecular flexibility index (Phi) is 3.28. The number of aromatic nitrogens is 1. The van der Waals surface area contributed by atoms with Gasteiger partial charge in [-0.1, -0.05) is 0 Å². The molecule has 4 nitrogen and oxygen atoms in total. The lowest BCUT2D eigenvalue weighted by atomic mass is 10.1. The molecule has 0 aliphatic heterocycles. The number of aryl methyl sites for hydroxylation is 3. The van der Waals surface area contributed by atoms with Gasteiger partial charge in [0.25, 0.3) is 0 Å². The Hall–Kier alpha value is -1.97. The number of rotatable bonds is 4. The predicted molar refractivity (Wildman–Crippen MR) is 70.3 cm³/mol. The first-order chi connectivity index (χ1) is 8.52. The SMILES string of the molecule is COc1cc(C)c2[nH]c(CCC(=O)O)c(C)c2c1. The predicted octanol–water partition coefficient (Wildman–Crippen LogP) is 2.81. The first kappa shape index (κ1) is 12.5. The molecule has 0 unspecified atom stereocenters. The monoisotopic (exact) mass is 247 g/mol. The maximum absolute atomic E-state index is 10.6. The number of methoxy groups -OCH3 is 1. The van der Waals surface area contributed by atoms with Crippen molar-refractivity contribution in [1.29, 1.82) is 0 Å². The van der Waals surface area contributed by atoms with Crippen LogP contribution in [0.5, 0.6) is 5.75 Å². The minimum absolute atomic E-state index is 0.143. The summed E-state index contributed by atoms with van der Waals surface area (Å²) in [7, 11) is 1.65. The Morgan fingerprint density at radius 3 is 2.72 bits per heavy atom. The van der Waals surface area contributed by atoms with Gasteiger partial charge in [-0.25, -0.2) is 0 Å². The summed E-state index contributed by atoms with van der Waals surface area (Å²) >= 11 is 0. The molecule has 0 spiro atoms. The Bertz CT molecular complexity index is 599. The van der Waals surface area contributed by atoms with E-state index in [-0.39, 0.29) is 6.42 Å². The number of hydrogen-bond acceptors (Lipinski definition) is 2. The molecule has 0 bridgehead atoms. The summed E-state index contributed by atoms with van der Waals surface area (Å²) in [5, 5.41) is 9.85. The summed E-state index contributed by atoms with van der Waals surface area (Å²) in [4.78, 5) is 14.0. The molecular weight excluding hydrogens is 230 g/mol. The van der Waals surface area contributed by atoms with Crippen LogP contribution in [0.2, 0.25) is 0 Å². The number of carboxylic acid groups (broad SMARTS) is 1. The van der Waals surface area contributed by atoms with Crippen LogP contribution in [0.3, 0.4) is 0 Å². The highest BCUT2D eigenvalue weighted by Gasteiger charge is 2.12. The summed E-state index contributed by atoms with van der Waals surface area (Å²) in [6, 6.07) is 3.96. The molecule has 0 saturated heterocycles. The Balaban J connectivity index is 2.48. The van der Waals surface area contributed by atoms with Crippen molar-refractivity contribution < 1.29 is 14.6 Å². The van der Waals surface area contributed by atoms with Crippen LogP contribution in [0.1, 0.15) is 23.2 Å². The van der Waals surface area contributed by atoms with E-state index in [4.69, 9.17) is 9.84 Å². The van der Waals surface area contributed by atoms with Crippen molar-refractivity contribution in [2.75, 3.05) is 7.11 Å². The van der Waals surface area contributed by atoms with Crippen LogP contribution >= 0.6 is 0 Å². The van der Waals surface area contributed by atoms with E-state index in [0.29, 0.717) is 6.42 Å². The number of benzene rings is 1. The van der Waals surface area contributed by atoms with Crippen LogP contribution in [0.25, 0.3) is 10.9 Å². The number of H-pyrrole nitrogens is 1. The van der Waals surface area contributed by atoms with Crippen molar-refractivity contribution in [2.24, 2.45) is 0 Å². The molecule has 1 heterocycles. The van der Waals surface area contributed by atoms with Gasteiger partial charge >= 0.3 is 5.97 Å². The molecule has 0 atom stereocenters. The molecule has 0 saturated carbocycles. The third-order valence-electron chi connectivity index (χ3n) is 3.27. The fraction of sp³-hybridized carbons (Fsp3) is 0.357. The zero-order valence-corrected chi connectivity index (χ0v) is 10.8. The van der Waals surface area contributed by atoms with E-state index < -0.39 is 5.97 Å². The number of carbonyl (C=O) groups is 1. The van der Waals surface area contributed by atoms with Gasteiger partial charge in [0, 0.05) is 16.6 Å². The molecule has 2 aromatic rings. The minimum atomic E-state index is -0.776. The van der Waals surface area contributed by atoms with Gasteiger partial charge in [-0.3, -0.25) is 4.79 Å². The van der Waals surface area contributed by atoms with Crippen LogP contribution in [0.4, 0.5) is 0 Å². The van der Waals surface area contributed by atoms with Crippen LogP contribution in [0.15, 0.2) is 12.1 Å². The van der Waals surface area contributed by atoms with Crippen LogP contribution in [-0.4, -0.2) is 23.2 Å². The van der Waals surface area contributed by atoms with E-state index in [1.165, 1.54) is 0 Å². The van der Waals surface area contributed by atoms with Gasteiger partial charge in [-0.05, 0) is 43.5 Å². The third-order valence-corrected chi connectivity index (χ3v) is 3.27. The van der Waals surface area contributed by atoms with E-state index in [0.717, 1.165) is 33.5 Å². The van der Waals surface area contributed by atoms with Gasteiger partial charge < -0.3 is 14.8 Å². The summed E-state index contributed by atoms with van der Waals surface area (Å²) in [6.45, 7) is 4.02. The zero-order valence-electron chi connectivity index (χ0n) is 10.8. The summed E-state index contributed by atoms with van der Waals surface area (Å²) in [5.74, 6) is 0.0502. The van der Waals surface area contributed by atoms with E-state index >= 15 is 0 Å². The van der Waals surface area contributed by atoms with E-state index in [1.807, 2.05) is 26.0 Å². The Morgan fingerprint density at radius 2 is 2.11 bits per heavy atom. The van der Waals surface area contributed by atoms with E-state index in [9.17, 15) is 4.79 Å². The molecular formula is C14H17NO3. The van der Waals surface area contributed by atoms with Crippen LogP contribution < -0.4 is 4.74 Å². The van der Waals surface area contributed by atoms with Crippen molar-refractivity contribution in [3.8, 4) is 5.75 Å². The van der Waals surface area contributed by atoms with Crippen molar-refractivity contribution in [1.82, 2.24) is 4.98 Å². The lowest BCUT2D eigenvalue weighted by molar-refractivity contribution is -0.136. The van der Waals surface area contributed by atoms with Gasteiger partial charge in [0.1, 0.15) is 5.75 Å². The molecule has 1 aromatic carbocycles. The first-order valence-corrected chi connectivity index (χ1v) is 5.90. The molecule has 0 amide bonds. The van der Waals surface area contributed by atoms with Crippen LogP contribution in [-0.2, 0) is 11.2 Å². The molecule has 0 aliphatic carbocycles. The molecule has 0 aliphatic rings. The molecule has 2 rings (SSSR count). The molecule has 2 N–H and O–H groups in total. The van der Waals surface area contributed by atoms with Gasteiger partial charge in [0.15, 0.2) is 0 Å². The highest BCUT2D eigenvalue weighted by atomic mass is 16.5. The molecule has 1 aromatic heterocycles. The average molecular weight is 247 g/mol. The smallest absolute Gasteiger partial charge is 0.303 e. The molecule has 4 heteroatoms. The summed E-state index contributed by atoms with van der Waals surface area (Å²) in [6.07, 6.45) is 0.668. The van der Waals surface area contributed by atoms with E-state index in [2.05, 4.69) is 4.98 Å². The van der Waals surface area contributed by atoms with E-state index in [1.54, 1.807) is 7.11 Å². The maximum Gasteiger partial charge on any atom is 0.303 e. The number of nitrogens with one attached hydrogen (secondary N) is 1. The van der Waals surface area contributed by atoms with Crippen molar-refractivity contribution in [3.05, 3.63) is 29.0 Å². The summed E-state index contributed by atoms with van der Waals surface area (Å²) < 4.78 is 5.26. The van der Waals surface area contributed by atoms with Gasteiger partial charge in [-0.15, -0.1) is 0 Å². The number of aromatic amines is 1. The number of fused-ring (bicyclic) bond motifs is 1. The fourth-order valence-corrected chi connectivity index (χ4v) is 2.22. The average Bonchev–Trinajstić information content (AvgIpc) is 2.65. The highest BCUT2D eigenvalue weighted by molar-refractivity contribution is 5.88. The number of carboxylic acids is 1. The largest absolute Gasteiger partial charge is 0.497 e. The lowest BCUT2D eigenvalue weighted by Crippen LogP contribution is -1.98. The highest BCUT2D eigenvalue weighted by Crippen LogP contribution is 2.29. The number of hydrogen-bond donors (Lipinski definition) is 2. The molecule has 0 fully saturated rings. The fourth-order valence-electron chi connectivity index (χ4n) is 2.22. The Morgan fingerprint density at radius 1 is 1.39 bits per heavy atom. The number of ether oxygens (including phenoxy) is 1. The maximum atomic E-state index is 10.6. The lowest BCUT2D eigenvalue weighted by Gasteiger charge is -2.02. The number of aliphatic carboxylic acids is 1. The third kappa shape index (κ3) is 2.18. The van der Waals surface area contributed by atoms with Crippen molar-refractivity contribution in [3.63, 3.8) is 0 Å². The standard InChI is InChI=1S/C14H17NO3/c1-8-6-10(18-3)7-11-9(2)12(15-14(8)11)4-5-13(16)17/h6-7,15H,4-5H2,1-3H3,(H,16,17). The Labute approximate surface area is 106 Å². The van der Waals surface area contributed by atoms with Crippen molar-refractivity contribution >= 4 is 16.9 Å². The summed E-state index contributed by atoms with van der Waals surface area (Å²) in [5.41, 5.74) is 4.26. The second-order valence-electron chi connectivity index (χ2n) is 4.49. The van der Waals surface area contributed by atoms with Crippen LogP contribution in [0, 0.1) is 13.8 Å². The second kappa shape index (κ2) is 4.72. The molecule has 18 heavy (non-hydrogen) atoms. The van der Waals surface area contributed by atoms with Gasteiger partial charge in [-0.2, -0.15) is 0 Å². The van der Waals surface area contributed by atoms with Gasteiger partial charge in [0.05, 0.1) is 13.5 Å².